The van der Waals surface area contributed by atoms with Crippen LogP contribution in [0.2, 0.25) is 0 Å². The van der Waals surface area contributed by atoms with Crippen molar-refractivity contribution in [2.45, 2.75) is 0 Å². The van der Waals surface area contributed by atoms with Crippen molar-refractivity contribution in [3.05, 3.63) is 25.0 Å². The number of hydrogen-bond acceptors (Lipinski definition) is 2. The fourth-order valence-electron chi connectivity index (χ4n) is 0.659. The van der Waals surface area contributed by atoms with Crippen molar-refractivity contribution >= 4 is 11.7 Å². The van der Waals surface area contributed by atoms with E-state index < -0.39 is 0 Å². The van der Waals surface area contributed by atoms with Crippen LogP contribution in [-0.4, -0.2) is 22.8 Å². The second kappa shape index (κ2) is 4.17. The van der Waals surface area contributed by atoms with Gasteiger partial charge in [-0.3, -0.25) is 5.10 Å². The highest BCUT2D eigenvalue weighted by Gasteiger charge is 1.98. The molecule has 12 heavy (non-hydrogen) atoms. The Kier molecular flexibility index (Phi) is 2.89. The largest absolute Gasteiger partial charge is 0.334 e. The van der Waals surface area contributed by atoms with Crippen molar-refractivity contribution < 1.29 is 4.79 Å². The summed E-state index contributed by atoms with van der Waals surface area (Å²) in [5.41, 5.74) is 0.636. The lowest BCUT2D eigenvalue weighted by Crippen LogP contribution is -2.28. The third-order valence-electron chi connectivity index (χ3n) is 1.16. The van der Waals surface area contributed by atoms with E-state index in [1.807, 2.05) is 0 Å². The van der Waals surface area contributed by atoms with Crippen molar-refractivity contribution in [1.29, 1.82) is 0 Å². The van der Waals surface area contributed by atoms with E-state index in [0.29, 0.717) is 12.2 Å². The molecule has 2 amide bonds. The number of aromatic nitrogens is 2. The van der Waals surface area contributed by atoms with Crippen LogP contribution in [0.5, 0.6) is 0 Å². The minimum atomic E-state index is -0.267. The number of carbonyl (C=O) groups is 1. The normalized spacial score (nSPS) is 9.00. The van der Waals surface area contributed by atoms with Gasteiger partial charge in [0.1, 0.15) is 0 Å². The fourth-order valence-corrected chi connectivity index (χ4v) is 0.659. The van der Waals surface area contributed by atoms with Crippen LogP contribution in [0.4, 0.5) is 10.5 Å². The third kappa shape index (κ3) is 2.45. The van der Waals surface area contributed by atoms with Crippen LogP contribution in [0.3, 0.4) is 0 Å². The van der Waals surface area contributed by atoms with E-state index in [2.05, 4.69) is 27.4 Å². The van der Waals surface area contributed by atoms with Gasteiger partial charge in [0.05, 0.1) is 11.9 Å². The van der Waals surface area contributed by atoms with E-state index in [0.717, 1.165) is 0 Å². The quantitative estimate of drug-likeness (QED) is 0.579. The van der Waals surface area contributed by atoms with E-state index in [9.17, 15) is 4.79 Å². The molecule has 0 radical (unpaired) electrons. The summed E-state index contributed by atoms with van der Waals surface area (Å²) in [7, 11) is 0. The summed E-state index contributed by atoms with van der Waals surface area (Å²) >= 11 is 0. The van der Waals surface area contributed by atoms with Gasteiger partial charge in [0.2, 0.25) is 0 Å². The van der Waals surface area contributed by atoms with Gasteiger partial charge < -0.3 is 10.6 Å². The van der Waals surface area contributed by atoms with Gasteiger partial charge in [0.25, 0.3) is 0 Å². The average molecular weight is 166 g/mol. The van der Waals surface area contributed by atoms with Crippen LogP contribution in [0.25, 0.3) is 0 Å². The van der Waals surface area contributed by atoms with Crippen molar-refractivity contribution in [1.82, 2.24) is 15.5 Å². The van der Waals surface area contributed by atoms with Crippen LogP contribution in [0.1, 0.15) is 0 Å². The predicted octanol–water partition coefficient (Wildman–Crippen LogP) is 0.717. The summed E-state index contributed by atoms with van der Waals surface area (Å²) in [6.07, 6.45) is 4.72. The number of rotatable bonds is 3. The first kappa shape index (κ1) is 8.32. The highest BCUT2D eigenvalue weighted by Crippen LogP contribution is 1.99. The number of hydrogen-bond donors (Lipinski definition) is 3. The SMILES string of the molecule is C=CCNC(=O)Nc1cn[nH]c1. The maximum Gasteiger partial charge on any atom is 0.319 e. The number of urea groups is 1. The molecule has 0 atom stereocenters. The van der Waals surface area contributed by atoms with Gasteiger partial charge >= 0.3 is 6.03 Å². The highest BCUT2D eigenvalue weighted by atomic mass is 16.2. The van der Waals surface area contributed by atoms with Crippen LogP contribution in [0, 0.1) is 0 Å². The Morgan fingerprint density at radius 1 is 1.83 bits per heavy atom. The topological polar surface area (TPSA) is 69.8 Å². The molecule has 0 aliphatic rings. The molecule has 0 bridgehead atoms. The van der Waals surface area contributed by atoms with Gasteiger partial charge in [-0.05, 0) is 0 Å². The zero-order chi connectivity index (χ0) is 8.81. The molecule has 0 saturated carbocycles. The smallest absolute Gasteiger partial charge is 0.319 e. The molecule has 0 fully saturated rings. The molecular weight excluding hydrogens is 156 g/mol. The van der Waals surface area contributed by atoms with Crippen LogP contribution < -0.4 is 10.6 Å². The Morgan fingerprint density at radius 3 is 3.25 bits per heavy atom. The van der Waals surface area contributed by atoms with Gasteiger partial charge in [0.15, 0.2) is 0 Å². The predicted molar refractivity (Wildman–Crippen MR) is 45.8 cm³/mol. The molecule has 5 nitrogen and oxygen atoms in total. The standard InChI is InChI=1S/C7H10N4O/c1-2-3-8-7(12)11-6-4-9-10-5-6/h2,4-5H,1,3H2,(H,9,10)(H2,8,11,12). The molecule has 1 heterocycles. The number of amides is 2. The molecule has 0 aliphatic carbocycles. The number of nitrogens with zero attached hydrogens (tertiary/aromatic N) is 1. The summed E-state index contributed by atoms with van der Waals surface area (Å²) in [5, 5.41) is 11.4. The second-order valence-electron chi connectivity index (χ2n) is 2.11. The van der Waals surface area contributed by atoms with Gasteiger partial charge in [-0.2, -0.15) is 5.10 Å². The third-order valence-corrected chi connectivity index (χ3v) is 1.16. The van der Waals surface area contributed by atoms with Gasteiger partial charge in [-0.25, -0.2) is 4.79 Å². The molecule has 1 aromatic heterocycles. The van der Waals surface area contributed by atoms with Crippen LogP contribution >= 0.6 is 0 Å². The summed E-state index contributed by atoms with van der Waals surface area (Å²) in [6, 6.07) is -0.267. The zero-order valence-electron chi connectivity index (χ0n) is 6.50. The average Bonchev–Trinajstić information content (AvgIpc) is 2.53. The van der Waals surface area contributed by atoms with Crippen LogP contribution in [0.15, 0.2) is 25.0 Å². The molecule has 1 rings (SSSR count). The summed E-state index contributed by atoms with van der Waals surface area (Å²) in [5.74, 6) is 0. The Bertz CT molecular complexity index is 254. The van der Waals surface area contributed by atoms with Crippen molar-refractivity contribution in [2.24, 2.45) is 0 Å². The molecular formula is C7H10N4O. The molecule has 64 valence electrons. The Balaban J connectivity index is 2.32. The highest BCUT2D eigenvalue weighted by molar-refractivity contribution is 5.88. The summed E-state index contributed by atoms with van der Waals surface area (Å²) in [4.78, 5) is 11.0. The Labute approximate surface area is 69.9 Å². The van der Waals surface area contributed by atoms with E-state index in [1.165, 1.54) is 6.20 Å². The van der Waals surface area contributed by atoms with Crippen molar-refractivity contribution in [3.63, 3.8) is 0 Å². The maximum atomic E-state index is 11.0. The maximum absolute atomic E-state index is 11.0. The number of aromatic amines is 1. The summed E-state index contributed by atoms with van der Waals surface area (Å²) in [6.45, 7) is 3.92. The number of carbonyl (C=O) groups excluding carboxylic acids is 1. The molecule has 0 spiro atoms. The molecule has 5 heteroatoms. The van der Waals surface area contributed by atoms with Gasteiger partial charge in [0, 0.05) is 12.7 Å². The molecule has 0 saturated heterocycles. The molecule has 0 unspecified atom stereocenters. The van der Waals surface area contributed by atoms with Gasteiger partial charge in [-0.15, -0.1) is 6.58 Å². The second-order valence-corrected chi connectivity index (χ2v) is 2.11. The number of anilines is 1. The number of nitrogens with one attached hydrogen (secondary N) is 3. The molecule has 3 N–H and O–H groups in total. The fraction of sp³-hybridized carbons (Fsp3) is 0.143. The van der Waals surface area contributed by atoms with E-state index in [1.54, 1.807) is 12.3 Å². The lowest BCUT2D eigenvalue weighted by atomic mass is 10.5. The van der Waals surface area contributed by atoms with Crippen molar-refractivity contribution in [2.75, 3.05) is 11.9 Å². The van der Waals surface area contributed by atoms with E-state index in [-0.39, 0.29) is 6.03 Å². The summed E-state index contributed by atoms with van der Waals surface area (Å²) < 4.78 is 0. The number of H-pyrrole nitrogens is 1. The Hall–Kier alpha value is -1.78. The van der Waals surface area contributed by atoms with Crippen molar-refractivity contribution in [3.8, 4) is 0 Å². The molecule has 1 aromatic rings. The van der Waals surface area contributed by atoms with Gasteiger partial charge in [-0.1, -0.05) is 6.08 Å². The lowest BCUT2D eigenvalue weighted by Gasteiger charge is -2.01. The van der Waals surface area contributed by atoms with E-state index >= 15 is 0 Å². The first-order valence-electron chi connectivity index (χ1n) is 3.47. The minimum Gasteiger partial charge on any atom is -0.334 e. The monoisotopic (exact) mass is 166 g/mol. The first-order chi connectivity index (χ1) is 5.83. The zero-order valence-corrected chi connectivity index (χ0v) is 6.50. The molecule has 0 aromatic carbocycles. The van der Waals surface area contributed by atoms with Crippen LogP contribution in [-0.2, 0) is 0 Å². The Morgan fingerprint density at radius 2 is 2.67 bits per heavy atom. The van der Waals surface area contributed by atoms with E-state index in [4.69, 9.17) is 0 Å². The first-order valence-corrected chi connectivity index (χ1v) is 3.47. The minimum absolute atomic E-state index is 0.267. The lowest BCUT2D eigenvalue weighted by molar-refractivity contribution is 0.253. The molecule has 0 aliphatic heterocycles.